The van der Waals surface area contributed by atoms with Crippen LogP contribution in [0.4, 0.5) is 0 Å². The molecule has 4 rings (SSSR count). The highest BCUT2D eigenvalue weighted by Crippen LogP contribution is 2.29. The van der Waals surface area contributed by atoms with E-state index in [1.807, 2.05) is 24.5 Å². The molecule has 0 saturated carbocycles. The molecule has 112 valence electrons. The van der Waals surface area contributed by atoms with Crippen LogP contribution in [0.5, 0.6) is 0 Å². The van der Waals surface area contributed by atoms with Crippen LogP contribution in [0.15, 0.2) is 48.9 Å². The molecule has 4 nitrogen and oxygen atoms in total. The fraction of sp³-hybridized carbons (Fsp3) is 0.333. The van der Waals surface area contributed by atoms with Gasteiger partial charge in [-0.1, -0.05) is 6.07 Å². The van der Waals surface area contributed by atoms with Crippen LogP contribution in [0.1, 0.15) is 30.0 Å². The predicted molar refractivity (Wildman–Crippen MR) is 87.9 cm³/mol. The van der Waals surface area contributed by atoms with Crippen LogP contribution in [0.3, 0.4) is 0 Å². The van der Waals surface area contributed by atoms with Crippen molar-refractivity contribution >= 4 is 11.0 Å². The average molecular weight is 292 g/mol. The molecular weight excluding hydrogens is 272 g/mol. The number of fused-ring (bicyclic) bond motifs is 1. The van der Waals surface area contributed by atoms with Crippen molar-refractivity contribution in [2.75, 3.05) is 13.1 Å². The lowest BCUT2D eigenvalue weighted by atomic mass is 9.90. The van der Waals surface area contributed by atoms with Crippen molar-refractivity contribution in [2.45, 2.75) is 25.3 Å². The van der Waals surface area contributed by atoms with Crippen molar-refractivity contribution in [2.24, 2.45) is 0 Å². The first-order valence-corrected chi connectivity index (χ1v) is 7.96. The van der Waals surface area contributed by atoms with Crippen molar-refractivity contribution < 1.29 is 0 Å². The summed E-state index contributed by atoms with van der Waals surface area (Å²) in [6.45, 7) is 2.99. The third-order valence-electron chi connectivity index (χ3n) is 4.49. The Balaban J connectivity index is 1.70. The molecule has 0 amide bonds. The first kappa shape index (κ1) is 13.5. The monoisotopic (exact) mass is 292 g/mol. The molecule has 0 radical (unpaired) electrons. The number of aromatic nitrogens is 3. The smallest absolute Gasteiger partial charge is 0.140 e. The second kappa shape index (κ2) is 5.89. The quantitative estimate of drug-likeness (QED) is 0.807. The number of hydrogen-bond donors (Lipinski definition) is 1. The molecule has 3 aromatic heterocycles. The minimum Gasteiger partial charge on any atom is -0.327 e. The van der Waals surface area contributed by atoms with Crippen molar-refractivity contribution in [1.29, 1.82) is 0 Å². The summed E-state index contributed by atoms with van der Waals surface area (Å²) in [7, 11) is 0. The Morgan fingerprint density at radius 2 is 2.14 bits per heavy atom. The van der Waals surface area contributed by atoms with Gasteiger partial charge in [0.15, 0.2) is 0 Å². The maximum Gasteiger partial charge on any atom is 0.140 e. The fourth-order valence-electron chi connectivity index (χ4n) is 3.38. The minimum atomic E-state index is 0.602. The Labute approximate surface area is 130 Å². The van der Waals surface area contributed by atoms with Gasteiger partial charge in [0.1, 0.15) is 5.65 Å². The number of pyridine rings is 2. The number of piperidine rings is 1. The number of nitrogens with zero attached hydrogens (tertiary/aromatic N) is 3. The second-order valence-corrected chi connectivity index (χ2v) is 5.95. The van der Waals surface area contributed by atoms with Gasteiger partial charge in [0.2, 0.25) is 0 Å². The zero-order valence-electron chi connectivity index (χ0n) is 12.6. The molecule has 0 bridgehead atoms. The number of hydrogen-bond acceptors (Lipinski definition) is 3. The molecule has 3 aromatic rings. The van der Waals surface area contributed by atoms with Crippen LogP contribution in [0.25, 0.3) is 11.0 Å². The number of rotatable bonds is 3. The zero-order valence-corrected chi connectivity index (χ0v) is 12.6. The lowest BCUT2D eigenvalue weighted by molar-refractivity contribution is 0.463. The van der Waals surface area contributed by atoms with E-state index in [-0.39, 0.29) is 0 Å². The summed E-state index contributed by atoms with van der Waals surface area (Å²) < 4.78 is 2.19. The third kappa shape index (κ3) is 2.50. The summed E-state index contributed by atoms with van der Waals surface area (Å²) in [6.07, 6.45) is 8.43. The highest BCUT2D eigenvalue weighted by Gasteiger charge is 2.18. The van der Waals surface area contributed by atoms with E-state index in [1.165, 1.54) is 23.8 Å². The average Bonchev–Trinajstić information content (AvgIpc) is 3.00. The van der Waals surface area contributed by atoms with Gasteiger partial charge in [-0.05, 0) is 55.1 Å². The predicted octanol–water partition coefficient (Wildman–Crippen LogP) is 2.95. The van der Waals surface area contributed by atoms with Gasteiger partial charge in [-0.3, -0.25) is 4.98 Å². The van der Waals surface area contributed by atoms with E-state index in [0.717, 1.165) is 31.0 Å². The normalized spacial score (nSPS) is 18.6. The minimum absolute atomic E-state index is 0.602. The van der Waals surface area contributed by atoms with Crippen molar-refractivity contribution in [1.82, 2.24) is 19.9 Å². The topological polar surface area (TPSA) is 42.7 Å². The number of nitrogens with one attached hydrogen (secondary N) is 1. The highest BCUT2D eigenvalue weighted by atomic mass is 15.0. The molecule has 1 aliphatic rings. The van der Waals surface area contributed by atoms with E-state index in [0.29, 0.717) is 5.92 Å². The molecule has 0 aromatic carbocycles. The van der Waals surface area contributed by atoms with Crippen LogP contribution in [0, 0.1) is 0 Å². The Bertz CT molecular complexity index is 757. The van der Waals surface area contributed by atoms with Gasteiger partial charge in [-0.15, -0.1) is 0 Å². The summed E-state index contributed by atoms with van der Waals surface area (Å²) in [5.74, 6) is 0.602. The molecule has 0 spiro atoms. The van der Waals surface area contributed by atoms with Crippen LogP contribution in [0.2, 0.25) is 0 Å². The van der Waals surface area contributed by atoms with Crippen molar-refractivity contribution in [3.8, 4) is 0 Å². The zero-order chi connectivity index (χ0) is 14.8. The SMILES string of the molecule is c1ccc(Cn2ccc3c(C4CCCNC4)ccnc32)nc1. The summed E-state index contributed by atoms with van der Waals surface area (Å²) in [4.78, 5) is 9.02. The van der Waals surface area contributed by atoms with Gasteiger partial charge < -0.3 is 9.88 Å². The van der Waals surface area contributed by atoms with Crippen LogP contribution >= 0.6 is 0 Å². The maximum atomic E-state index is 4.61. The first-order chi connectivity index (χ1) is 10.9. The van der Waals surface area contributed by atoms with Gasteiger partial charge >= 0.3 is 0 Å². The molecule has 1 aliphatic heterocycles. The van der Waals surface area contributed by atoms with E-state index in [2.05, 4.69) is 44.2 Å². The molecule has 4 heterocycles. The maximum absolute atomic E-state index is 4.61. The Morgan fingerprint density at radius 1 is 1.14 bits per heavy atom. The third-order valence-corrected chi connectivity index (χ3v) is 4.49. The van der Waals surface area contributed by atoms with E-state index < -0.39 is 0 Å². The van der Waals surface area contributed by atoms with E-state index in [4.69, 9.17) is 0 Å². The molecule has 1 atom stereocenters. The van der Waals surface area contributed by atoms with E-state index in [1.54, 1.807) is 0 Å². The molecule has 1 unspecified atom stereocenters. The molecule has 1 fully saturated rings. The van der Waals surface area contributed by atoms with Gasteiger partial charge in [0.05, 0.1) is 12.2 Å². The summed E-state index contributed by atoms with van der Waals surface area (Å²) in [6, 6.07) is 10.4. The van der Waals surface area contributed by atoms with Crippen LogP contribution in [-0.2, 0) is 6.54 Å². The summed E-state index contributed by atoms with van der Waals surface area (Å²) in [5, 5.41) is 4.79. The van der Waals surface area contributed by atoms with Crippen LogP contribution < -0.4 is 5.32 Å². The van der Waals surface area contributed by atoms with E-state index >= 15 is 0 Å². The molecule has 4 heteroatoms. The lowest BCUT2D eigenvalue weighted by Gasteiger charge is -2.23. The Morgan fingerprint density at radius 3 is 2.95 bits per heavy atom. The molecule has 22 heavy (non-hydrogen) atoms. The Hall–Kier alpha value is -2.20. The van der Waals surface area contributed by atoms with Gasteiger partial charge in [-0.2, -0.15) is 0 Å². The standard InChI is InChI=1S/C18H20N4/c1-2-9-20-15(5-1)13-22-11-7-17-16(6-10-21-18(17)22)14-4-3-8-19-12-14/h1-2,5-7,9-11,14,19H,3-4,8,12-13H2. The highest BCUT2D eigenvalue weighted by molar-refractivity contribution is 5.80. The van der Waals surface area contributed by atoms with Gasteiger partial charge in [0, 0.05) is 30.5 Å². The van der Waals surface area contributed by atoms with E-state index in [9.17, 15) is 0 Å². The van der Waals surface area contributed by atoms with Crippen molar-refractivity contribution in [3.63, 3.8) is 0 Å². The lowest BCUT2D eigenvalue weighted by Crippen LogP contribution is -2.28. The first-order valence-electron chi connectivity index (χ1n) is 7.96. The molecular formula is C18H20N4. The van der Waals surface area contributed by atoms with Crippen molar-refractivity contribution in [3.05, 3.63) is 60.2 Å². The fourth-order valence-corrected chi connectivity index (χ4v) is 3.38. The molecule has 0 aliphatic carbocycles. The van der Waals surface area contributed by atoms with Crippen LogP contribution in [-0.4, -0.2) is 27.6 Å². The Kier molecular flexibility index (Phi) is 3.60. The molecule has 1 N–H and O–H groups in total. The van der Waals surface area contributed by atoms with Gasteiger partial charge in [-0.25, -0.2) is 4.98 Å². The van der Waals surface area contributed by atoms with Gasteiger partial charge in [0.25, 0.3) is 0 Å². The summed E-state index contributed by atoms with van der Waals surface area (Å²) in [5.41, 5.74) is 3.55. The largest absolute Gasteiger partial charge is 0.327 e. The molecule has 1 saturated heterocycles. The summed E-state index contributed by atoms with van der Waals surface area (Å²) >= 11 is 0. The second-order valence-electron chi connectivity index (χ2n) is 5.95.